The molecule has 0 saturated heterocycles. The monoisotopic (exact) mass is 417 g/mol. The van der Waals surface area contributed by atoms with Crippen LogP contribution in [0, 0.1) is 5.92 Å². The Balaban J connectivity index is 1.48. The predicted octanol–water partition coefficient (Wildman–Crippen LogP) is 6.66. The van der Waals surface area contributed by atoms with Gasteiger partial charge >= 0.3 is 5.97 Å². The van der Waals surface area contributed by atoms with Crippen LogP contribution in [0.3, 0.4) is 0 Å². The summed E-state index contributed by atoms with van der Waals surface area (Å²) in [7, 11) is 0. The topological polar surface area (TPSA) is 58.9 Å². The molecule has 162 valence electrons. The highest BCUT2D eigenvalue weighted by Gasteiger charge is 2.31. The smallest absolute Gasteiger partial charge is 0.336 e. The fourth-order valence-corrected chi connectivity index (χ4v) is 4.67. The molecule has 0 spiro atoms. The number of ether oxygens (including phenoxy) is 1. The van der Waals surface area contributed by atoms with Gasteiger partial charge in [-0.1, -0.05) is 62.2 Å². The Morgan fingerprint density at radius 3 is 2.65 bits per heavy atom. The molecule has 1 aliphatic carbocycles. The van der Waals surface area contributed by atoms with Crippen LogP contribution in [-0.2, 0) is 11.3 Å². The van der Waals surface area contributed by atoms with Crippen LogP contribution in [0.15, 0.2) is 64.8 Å². The predicted molar refractivity (Wildman–Crippen MR) is 124 cm³/mol. The molecule has 4 nitrogen and oxygen atoms in total. The molecule has 1 N–H and O–H groups in total. The molecule has 0 fully saturated rings. The van der Waals surface area contributed by atoms with Crippen LogP contribution in [0.4, 0.5) is 0 Å². The minimum absolute atomic E-state index is 0.131. The van der Waals surface area contributed by atoms with E-state index in [1.165, 1.54) is 37.0 Å². The Hall–Kier alpha value is -2.72. The van der Waals surface area contributed by atoms with Gasteiger partial charge < -0.3 is 9.84 Å². The molecule has 1 heterocycles. The zero-order valence-electron chi connectivity index (χ0n) is 18.2. The summed E-state index contributed by atoms with van der Waals surface area (Å²) in [6.45, 7) is 2.78. The van der Waals surface area contributed by atoms with E-state index in [0.717, 1.165) is 36.0 Å². The highest BCUT2D eigenvalue weighted by Crippen LogP contribution is 2.36. The molecule has 0 bridgehead atoms. The first-order valence-electron chi connectivity index (χ1n) is 11.5. The summed E-state index contributed by atoms with van der Waals surface area (Å²) in [6.07, 6.45) is 10.4. The summed E-state index contributed by atoms with van der Waals surface area (Å²) in [6, 6.07) is 15.2. The van der Waals surface area contributed by atoms with Crippen LogP contribution in [0.1, 0.15) is 67.8 Å². The number of carbonyl (C=O) groups is 1. The van der Waals surface area contributed by atoms with Gasteiger partial charge in [0.1, 0.15) is 0 Å². The van der Waals surface area contributed by atoms with Crippen molar-refractivity contribution < 1.29 is 14.6 Å². The first-order valence-corrected chi connectivity index (χ1v) is 11.5. The molecule has 4 rings (SSSR count). The van der Waals surface area contributed by atoms with Gasteiger partial charge in [0.25, 0.3) is 0 Å². The van der Waals surface area contributed by atoms with Crippen LogP contribution in [0.25, 0.3) is 11.1 Å². The number of nitrogens with zero attached hydrogens (tertiary/aromatic N) is 1. The number of aromatic carboxylic acids is 1. The largest absolute Gasteiger partial charge is 0.478 e. The van der Waals surface area contributed by atoms with Gasteiger partial charge in [0.05, 0.1) is 18.3 Å². The van der Waals surface area contributed by atoms with Gasteiger partial charge in [-0.25, -0.2) is 4.79 Å². The lowest BCUT2D eigenvalue weighted by Crippen LogP contribution is -2.32. The lowest BCUT2D eigenvalue weighted by Gasteiger charge is -2.33. The lowest BCUT2D eigenvalue weighted by molar-refractivity contribution is 0.0360. The number of carboxylic acid groups (broad SMARTS) is 1. The van der Waals surface area contributed by atoms with Crippen molar-refractivity contribution >= 4 is 12.2 Å². The minimum atomic E-state index is -0.906. The molecule has 0 amide bonds. The summed E-state index contributed by atoms with van der Waals surface area (Å²) in [5, 5.41) is 9.46. The molecule has 2 atom stereocenters. The average Bonchev–Trinajstić information content (AvgIpc) is 2.82. The van der Waals surface area contributed by atoms with E-state index in [1.54, 1.807) is 12.1 Å². The number of hydrogen-bond donors (Lipinski definition) is 1. The molecule has 2 aromatic carbocycles. The molecular weight excluding hydrogens is 386 g/mol. The van der Waals surface area contributed by atoms with Crippen molar-refractivity contribution in [3.8, 4) is 11.1 Å². The van der Waals surface area contributed by atoms with Crippen molar-refractivity contribution in [1.82, 2.24) is 0 Å². The van der Waals surface area contributed by atoms with Gasteiger partial charge in [0, 0.05) is 17.8 Å². The van der Waals surface area contributed by atoms with Crippen molar-refractivity contribution in [3.05, 3.63) is 70.9 Å². The van der Waals surface area contributed by atoms with Gasteiger partial charge in [-0.15, -0.1) is 0 Å². The quantitative estimate of drug-likeness (QED) is 0.523. The van der Waals surface area contributed by atoms with E-state index in [1.807, 2.05) is 36.4 Å². The Morgan fingerprint density at radius 1 is 1.10 bits per heavy atom. The molecule has 31 heavy (non-hydrogen) atoms. The van der Waals surface area contributed by atoms with E-state index >= 15 is 0 Å². The van der Waals surface area contributed by atoms with E-state index in [4.69, 9.17) is 9.73 Å². The second kappa shape index (κ2) is 10.1. The number of aliphatic imine (C=N–C) groups is 1. The number of allylic oxidation sites excluding steroid dienone is 1. The highest BCUT2D eigenvalue weighted by atomic mass is 16.5. The molecule has 1 aliphatic heterocycles. The van der Waals surface area contributed by atoms with Gasteiger partial charge in [-0.2, -0.15) is 0 Å². The first-order chi connectivity index (χ1) is 15.2. The van der Waals surface area contributed by atoms with Crippen LogP contribution < -0.4 is 0 Å². The van der Waals surface area contributed by atoms with Crippen molar-refractivity contribution in [3.63, 3.8) is 0 Å². The Bertz CT molecular complexity index is 974. The molecule has 4 heteroatoms. The summed E-state index contributed by atoms with van der Waals surface area (Å²) in [4.78, 5) is 16.3. The van der Waals surface area contributed by atoms with Crippen molar-refractivity contribution in [2.75, 3.05) is 0 Å². The van der Waals surface area contributed by atoms with Crippen LogP contribution in [-0.4, -0.2) is 23.4 Å². The summed E-state index contributed by atoms with van der Waals surface area (Å²) in [5.74, 6) is -0.546. The van der Waals surface area contributed by atoms with Crippen LogP contribution >= 0.6 is 0 Å². The zero-order valence-corrected chi connectivity index (χ0v) is 18.2. The number of hydrogen-bond acceptors (Lipinski definition) is 3. The van der Waals surface area contributed by atoms with Gasteiger partial charge in [-0.05, 0) is 60.4 Å². The number of carboxylic acids is 1. The number of unbranched alkanes of at least 4 members (excludes halogenated alkanes) is 1. The van der Waals surface area contributed by atoms with E-state index in [9.17, 15) is 9.90 Å². The second-order valence-electron chi connectivity index (χ2n) is 8.54. The maximum absolute atomic E-state index is 11.5. The van der Waals surface area contributed by atoms with E-state index in [-0.39, 0.29) is 6.10 Å². The third kappa shape index (κ3) is 4.96. The minimum Gasteiger partial charge on any atom is -0.478 e. The third-order valence-corrected chi connectivity index (χ3v) is 6.38. The van der Waals surface area contributed by atoms with Crippen molar-refractivity contribution in [1.29, 1.82) is 0 Å². The first kappa shape index (κ1) is 21.5. The van der Waals surface area contributed by atoms with E-state index < -0.39 is 5.97 Å². The number of rotatable bonds is 8. The van der Waals surface area contributed by atoms with Gasteiger partial charge in [-0.3, -0.25) is 4.99 Å². The van der Waals surface area contributed by atoms with Gasteiger partial charge in [0.15, 0.2) is 0 Å². The SMILES string of the molecule is CCCCC1C=NC2=C(CCCC2)C1OCc1ccc(-c2ccccc2C(=O)O)cc1. The fourth-order valence-electron chi connectivity index (χ4n) is 4.67. The third-order valence-electron chi connectivity index (χ3n) is 6.38. The summed E-state index contributed by atoms with van der Waals surface area (Å²) < 4.78 is 6.51. The second-order valence-corrected chi connectivity index (χ2v) is 8.54. The number of benzene rings is 2. The molecule has 0 saturated carbocycles. The normalized spacial score (nSPS) is 20.5. The Morgan fingerprint density at radius 2 is 1.87 bits per heavy atom. The van der Waals surface area contributed by atoms with E-state index in [2.05, 4.69) is 13.1 Å². The van der Waals surface area contributed by atoms with Crippen molar-refractivity contribution in [2.24, 2.45) is 10.9 Å². The molecule has 0 radical (unpaired) electrons. The standard InChI is InChI=1S/C27H31NO3/c1-2-3-8-21-17-28-25-12-7-6-11-24(25)26(21)31-18-19-13-15-20(16-14-19)22-9-4-5-10-23(22)27(29)30/h4-5,9-10,13-17,21,26H,2-3,6-8,11-12,18H2,1H3,(H,29,30). The fraction of sp³-hybridized carbons (Fsp3) is 0.407. The van der Waals surface area contributed by atoms with Crippen molar-refractivity contribution in [2.45, 2.75) is 64.6 Å². The van der Waals surface area contributed by atoms with Crippen LogP contribution in [0.5, 0.6) is 0 Å². The highest BCUT2D eigenvalue weighted by molar-refractivity contribution is 5.95. The molecule has 2 unspecified atom stereocenters. The molecule has 2 aliphatic rings. The van der Waals surface area contributed by atoms with E-state index in [0.29, 0.717) is 18.1 Å². The maximum atomic E-state index is 11.5. The summed E-state index contributed by atoms with van der Waals surface area (Å²) in [5.41, 5.74) is 5.74. The van der Waals surface area contributed by atoms with Gasteiger partial charge in [0.2, 0.25) is 0 Å². The Kier molecular flexibility index (Phi) is 6.98. The lowest BCUT2D eigenvalue weighted by atomic mass is 9.83. The maximum Gasteiger partial charge on any atom is 0.336 e. The molecule has 2 aromatic rings. The average molecular weight is 418 g/mol. The molecule has 0 aromatic heterocycles. The van der Waals surface area contributed by atoms with Crippen LogP contribution in [0.2, 0.25) is 0 Å². The molecular formula is C27H31NO3. The zero-order chi connectivity index (χ0) is 21.6. The summed E-state index contributed by atoms with van der Waals surface area (Å²) >= 11 is 0. The Labute approximate surface area is 184 Å².